The van der Waals surface area contributed by atoms with Gasteiger partial charge in [0.05, 0.1) is 5.41 Å². The van der Waals surface area contributed by atoms with Crippen molar-refractivity contribution in [2.24, 2.45) is 0 Å². The maximum Gasteiger partial charge on any atom is 0.136 e. The Labute approximate surface area is 397 Å². The topological polar surface area (TPSA) is 26.3 Å². The maximum atomic E-state index is 6.63. The van der Waals surface area contributed by atoms with Crippen molar-refractivity contribution in [1.29, 1.82) is 0 Å². The van der Waals surface area contributed by atoms with E-state index in [-0.39, 0.29) is 0 Å². The van der Waals surface area contributed by atoms with Crippen LogP contribution in [0.5, 0.6) is 0 Å². The van der Waals surface area contributed by atoms with Gasteiger partial charge < -0.3 is 8.83 Å². The van der Waals surface area contributed by atoms with Crippen molar-refractivity contribution in [3.05, 3.63) is 265 Å². The van der Waals surface area contributed by atoms with Gasteiger partial charge in [0.25, 0.3) is 0 Å². The van der Waals surface area contributed by atoms with E-state index in [0.717, 1.165) is 60.6 Å². The van der Waals surface area contributed by atoms with Gasteiger partial charge in [-0.15, -0.1) is 0 Å². The molecule has 0 unspecified atom stereocenters. The Kier molecular flexibility index (Phi) is 8.02. The Morgan fingerprint density at radius 2 is 0.594 bits per heavy atom. The smallest absolute Gasteiger partial charge is 0.136 e. The molecule has 0 saturated carbocycles. The highest BCUT2D eigenvalue weighted by Gasteiger charge is 2.46. The third kappa shape index (κ3) is 5.55. The van der Waals surface area contributed by atoms with Gasteiger partial charge in [0, 0.05) is 21.5 Å². The first kappa shape index (κ1) is 38.2. The van der Waals surface area contributed by atoms with Crippen molar-refractivity contribution in [2.45, 2.75) is 5.41 Å². The molecule has 0 radical (unpaired) electrons. The zero-order valence-electron chi connectivity index (χ0n) is 37.4. The van der Waals surface area contributed by atoms with E-state index in [4.69, 9.17) is 8.83 Å². The van der Waals surface area contributed by atoms with Gasteiger partial charge in [-0.25, -0.2) is 0 Å². The SMILES string of the molecule is c1ccc(C2(c3ccccc3)c3ccccc3-c3ccc(-c4ccc5oc6cc7c(cc6c5c4)oc4ccc(-c5ccc(-c6ccc8c9ccccc9c9ccccc9c8c6)cc5)cc47)cc32)cc1. The van der Waals surface area contributed by atoms with Crippen molar-refractivity contribution in [2.75, 3.05) is 0 Å². The zero-order valence-corrected chi connectivity index (χ0v) is 37.4. The van der Waals surface area contributed by atoms with E-state index in [9.17, 15) is 0 Å². The fourth-order valence-corrected chi connectivity index (χ4v) is 12.0. The molecule has 12 aromatic carbocycles. The summed E-state index contributed by atoms with van der Waals surface area (Å²) in [7, 11) is 0. The summed E-state index contributed by atoms with van der Waals surface area (Å²) in [6, 6.07) is 88.8. The Bertz CT molecular complexity index is 4330. The van der Waals surface area contributed by atoms with Crippen LogP contribution in [0.3, 0.4) is 0 Å². The van der Waals surface area contributed by atoms with E-state index < -0.39 is 5.41 Å². The van der Waals surface area contributed by atoms with Crippen LogP contribution in [0.25, 0.3) is 121 Å². The van der Waals surface area contributed by atoms with Crippen LogP contribution in [0.1, 0.15) is 22.3 Å². The van der Waals surface area contributed by atoms with Crippen molar-refractivity contribution < 1.29 is 8.83 Å². The quantitative estimate of drug-likeness (QED) is 0.161. The maximum absolute atomic E-state index is 6.63. The van der Waals surface area contributed by atoms with Gasteiger partial charge >= 0.3 is 0 Å². The fraction of sp³-hybridized carbons (Fsp3) is 0.0149. The molecule has 1 aliphatic carbocycles. The molecule has 2 nitrogen and oxygen atoms in total. The van der Waals surface area contributed by atoms with Gasteiger partial charge in [0.15, 0.2) is 0 Å². The molecule has 14 aromatic rings. The summed E-state index contributed by atoms with van der Waals surface area (Å²) in [4.78, 5) is 0. The lowest BCUT2D eigenvalue weighted by molar-refractivity contribution is 0.664. The average molecular weight is 877 g/mol. The Balaban J connectivity index is 0.796. The minimum atomic E-state index is -0.461. The molecule has 320 valence electrons. The average Bonchev–Trinajstić information content (AvgIpc) is 4.07. The molecule has 2 heteroatoms. The van der Waals surface area contributed by atoms with E-state index in [1.807, 2.05) is 0 Å². The second kappa shape index (κ2) is 14.5. The summed E-state index contributed by atoms with van der Waals surface area (Å²) in [5.74, 6) is 0. The van der Waals surface area contributed by atoms with Gasteiger partial charge in [0.2, 0.25) is 0 Å². The predicted molar refractivity (Wildman–Crippen MR) is 287 cm³/mol. The number of fused-ring (bicyclic) bond motifs is 15. The molecule has 2 heterocycles. The molecule has 0 spiro atoms. The Morgan fingerprint density at radius 3 is 1.16 bits per heavy atom. The second-order valence-corrected chi connectivity index (χ2v) is 18.7. The minimum Gasteiger partial charge on any atom is -0.456 e. The van der Waals surface area contributed by atoms with Gasteiger partial charge in [-0.05, 0) is 148 Å². The lowest BCUT2D eigenvalue weighted by Crippen LogP contribution is -2.28. The molecule has 0 bridgehead atoms. The minimum absolute atomic E-state index is 0.461. The van der Waals surface area contributed by atoms with Gasteiger partial charge in [-0.3, -0.25) is 0 Å². The van der Waals surface area contributed by atoms with E-state index in [2.05, 4.69) is 243 Å². The summed E-state index contributed by atoms with van der Waals surface area (Å²) in [5.41, 5.74) is 17.6. The van der Waals surface area contributed by atoms with E-state index in [1.165, 1.54) is 82.4 Å². The molecular formula is C67H40O2. The van der Waals surface area contributed by atoms with Crippen LogP contribution in [0.15, 0.2) is 251 Å². The summed E-state index contributed by atoms with van der Waals surface area (Å²) < 4.78 is 13.2. The second-order valence-electron chi connectivity index (χ2n) is 18.7. The Hall–Kier alpha value is -8.98. The molecular weight excluding hydrogens is 837 g/mol. The molecule has 0 atom stereocenters. The number of rotatable bonds is 5. The summed E-state index contributed by atoms with van der Waals surface area (Å²) >= 11 is 0. The van der Waals surface area contributed by atoms with Crippen LogP contribution in [0.4, 0.5) is 0 Å². The molecule has 0 saturated heterocycles. The molecule has 69 heavy (non-hydrogen) atoms. The third-order valence-electron chi connectivity index (χ3n) is 15.1. The van der Waals surface area contributed by atoms with Gasteiger partial charge in [-0.1, -0.05) is 194 Å². The molecule has 15 rings (SSSR count). The normalized spacial score (nSPS) is 13.0. The lowest BCUT2D eigenvalue weighted by Gasteiger charge is -2.34. The molecule has 0 N–H and O–H groups in total. The van der Waals surface area contributed by atoms with Crippen LogP contribution in [0.2, 0.25) is 0 Å². The van der Waals surface area contributed by atoms with Crippen LogP contribution in [-0.4, -0.2) is 0 Å². The number of hydrogen-bond donors (Lipinski definition) is 0. The van der Waals surface area contributed by atoms with Gasteiger partial charge in [0.1, 0.15) is 22.3 Å². The van der Waals surface area contributed by atoms with Crippen molar-refractivity contribution in [3.8, 4) is 44.5 Å². The summed E-state index contributed by atoms with van der Waals surface area (Å²) in [6.45, 7) is 0. The number of benzene rings is 12. The zero-order chi connectivity index (χ0) is 45.2. The summed E-state index contributed by atoms with van der Waals surface area (Å²) in [5, 5.41) is 12.0. The van der Waals surface area contributed by atoms with Crippen molar-refractivity contribution in [3.63, 3.8) is 0 Å². The summed E-state index contributed by atoms with van der Waals surface area (Å²) in [6.07, 6.45) is 0. The highest BCUT2D eigenvalue weighted by atomic mass is 16.3. The number of hydrogen-bond acceptors (Lipinski definition) is 2. The predicted octanol–water partition coefficient (Wildman–Crippen LogP) is 18.3. The Morgan fingerprint density at radius 1 is 0.217 bits per heavy atom. The van der Waals surface area contributed by atoms with Crippen molar-refractivity contribution >= 4 is 76.2 Å². The van der Waals surface area contributed by atoms with E-state index in [0.29, 0.717) is 0 Å². The van der Waals surface area contributed by atoms with E-state index in [1.54, 1.807) is 0 Å². The van der Waals surface area contributed by atoms with Gasteiger partial charge in [-0.2, -0.15) is 0 Å². The first-order valence-corrected chi connectivity index (χ1v) is 23.8. The van der Waals surface area contributed by atoms with Crippen LogP contribution in [0, 0.1) is 0 Å². The molecule has 0 amide bonds. The highest BCUT2D eigenvalue weighted by Crippen LogP contribution is 2.57. The van der Waals surface area contributed by atoms with Crippen molar-refractivity contribution in [1.82, 2.24) is 0 Å². The molecule has 0 fully saturated rings. The standard InChI is InChI=1S/C67H40O2/c1-3-13-47(14-4-1)67(48-15-5-2-6-16-48)61-22-12-11-21-54(61)55-32-28-46(38-62(55)67)45-30-34-64-58(37-45)60-40-65-59(39-66(60)69-64)57-36-44(29-33-63(57)68-65)42-25-23-41(24-26-42)43-27-31-53-51-19-8-7-17-49(51)50-18-9-10-20-52(50)56(53)35-43/h1-40H. The van der Waals surface area contributed by atoms with Crippen LogP contribution >= 0.6 is 0 Å². The fourth-order valence-electron chi connectivity index (χ4n) is 12.0. The monoisotopic (exact) mass is 876 g/mol. The van der Waals surface area contributed by atoms with E-state index >= 15 is 0 Å². The first-order valence-electron chi connectivity index (χ1n) is 23.8. The van der Waals surface area contributed by atoms with Crippen LogP contribution in [-0.2, 0) is 5.41 Å². The third-order valence-corrected chi connectivity index (χ3v) is 15.1. The number of furan rings is 2. The first-order chi connectivity index (χ1) is 34.2. The lowest BCUT2D eigenvalue weighted by atomic mass is 9.67. The molecule has 2 aromatic heterocycles. The molecule has 1 aliphatic rings. The highest BCUT2D eigenvalue weighted by molar-refractivity contribution is 6.26. The molecule has 0 aliphatic heterocycles. The van der Waals surface area contributed by atoms with Crippen LogP contribution < -0.4 is 0 Å². The largest absolute Gasteiger partial charge is 0.456 e.